The molecule has 1 aliphatic rings. The summed E-state index contributed by atoms with van der Waals surface area (Å²) in [6.07, 6.45) is 0. The molecule has 0 aromatic carbocycles. The predicted molar refractivity (Wildman–Crippen MR) is 80.1 cm³/mol. The molecule has 0 spiro atoms. The Bertz CT molecular complexity index is 761. The first-order chi connectivity index (χ1) is 10.1. The largest absolute Gasteiger partial charge is 0.378 e. The number of hydrogen-bond donors (Lipinski definition) is 1. The molecule has 1 aliphatic heterocycles. The fraction of sp³-hybridized carbons (Fsp3) is 0.400. The van der Waals surface area contributed by atoms with Crippen molar-refractivity contribution < 1.29 is 9.53 Å². The van der Waals surface area contributed by atoms with Gasteiger partial charge < -0.3 is 14.6 Å². The van der Waals surface area contributed by atoms with Crippen molar-refractivity contribution in [1.29, 1.82) is 0 Å². The van der Waals surface area contributed by atoms with Crippen molar-refractivity contribution >= 4 is 22.6 Å². The van der Waals surface area contributed by atoms with E-state index in [2.05, 4.69) is 14.9 Å². The van der Waals surface area contributed by atoms with Gasteiger partial charge in [0, 0.05) is 18.5 Å². The number of hydrogen-bond acceptors (Lipinski definition) is 5. The van der Waals surface area contributed by atoms with Crippen LogP contribution in [0.3, 0.4) is 0 Å². The number of nitrogens with one attached hydrogen (secondary N) is 1. The van der Waals surface area contributed by atoms with Gasteiger partial charge in [-0.3, -0.25) is 9.59 Å². The normalized spacial score (nSPS) is 15.4. The van der Waals surface area contributed by atoms with Gasteiger partial charge in [0.2, 0.25) is 0 Å². The lowest BCUT2D eigenvalue weighted by molar-refractivity contribution is 0.101. The van der Waals surface area contributed by atoms with Gasteiger partial charge in [0.05, 0.1) is 18.8 Å². The topological polar surface area (TPSA) is 75.3 Å². The van der Waals surface area contributed by atoms with Gasteiger partial charge in [0.1, 0.15) is 11.5 Å². The molecule has 0 amide bonds. The minimum absolute atomic E-state index is 0.212. The van der Waals surface area contributed by atoms with Gasteiger partial charge in [-0.25, -0.2) is 4.98 Å². The number of H-pyrrole nitrogens is 1. The molecule has 1 saturated heterocycles. The highest BCUT2D eigenvalue weighted by atomic mass is 16.5. The molecule has 0 unspecified atom stereocenters. The first-order valence-electron chi connectivity index (χ1n) is 6.95. The number of ketones is 1. The number of morpholine rings is 1. The second-order valence-electron chi connectivity index (χ2n) is 5.18. The Morgan fingerprint density at radius 1 is 1.33 bits per heavy atom. The summed E-state index contributed by atoms with van der Waals surface area (Å²) in [6.45, 7) is 6.11. The highest BCUT2D eigenvalue weighted by Gasteiger charge is 2.16. The summed E-state index contributed by atoms with van der Waals surface area (Å²) in [5.74, 6) is 0.587. The summed E-state index contributed by atoms with van der Waals surface area (Å²) in [7, 11) is 0. The Hall–Kier alpha value is -2.21. The standard InChI is InChI=1S/C15H17N3O3/c1-9-11-3-4-12(18-5-7-21-8-6-18)16-14(11)17-15(20)13(9)10(2)19/h3-4H,5-8H2,1-2H3,(H,16,17,20). The third-order valence-electron chi connectivity index (χ3n) is 3.81. The van der Waals surface area contributed by atoms with Crippen LogP contribution in [0.15, 0.2) is 16.9 Å². The van der Waals surface area contributed by atoms with E-state index < -0.39 is 0 Å². The number of rotatable bonds is 2. The quantitative estimate of drug-likeness (QED) is 0.842. The Kier molecular flexibility index (Phi) is 3.47. The van der Waals surface area contributed by atoms with Crippen molar-refractivity contribution in [2.24, 2.45) is 0 Å². The van der Waals surface area contributed by atoms with E-state index in [-0.39, 0.29) is 16.9 Å². The van der Waals surface area contributed by atoms with Crippen LogP contribution in [0.25, 0.3) is 11.0 Å². The molecule has 1 N–H and O–H groups in total. The number of aromatic amines is 1. The molecule has 0 bridgehead atoms. The number of ether oxygens (including phenoxy) is 1. The van der Waals surface area contributed by atoms with Crippen LogP contribution in [-0.4, -0.2) is 42.1 Å². The monoisotopic (exact) mass is 287 g/mol. The summed E-state index contributed by atoms with van der Waals surface area (Å²) in [5, 5.41) is 0.803. The molecular weight excluding hydrogens is 270 g/mol. The first kappa shape index (κ1) is 13.8. The van der Waals surface area contributed by atoms with Crippen molar-refractivity contribution in [3.63, 3.8) is 0 Å². The van der Waals surface area contributed by atoms with Gasteiger partial charge >= 0.3 is 0 Å². The average Bonchev–Trinajstić information content (AvgIpc) is 2.47. The van der Waals surface area contributed by atoms with Crippen LogP contribution >= 0.6 is 0 Å². The van der Waals surface area contributed by atoms with Crippen LogP contribution in [0.2, 0.25) is 0 Å². The van der Waals surface area contributed by atoms with Crippen LogP contribution in [-0.2, 0) is 4.74 Å². The number of fused-ring (bicyclic) bond motifs is 1. The lowest BCUT2D eigenvalue weighted by Crippen LogP contribution is -2.36. The molecule has 110 valence electrons. The third kappa shape index (κ3) is 2.42. The van der Waals surface area contributed by atoms with E-state index in [4.69, 9.17) is 4.74 Å². The van der Waals surface area contributed by atoms with Gasteiger partial charge in [0.25, 0.3) is 5.56 Å². The Balaban J connectivity index is 2.12. The van der Waals surface area contributed by atoms with Crippen molar-refractivity contribution in [3.8, 4) is 0 Å². The molecule has 6 heteroatoms. The number of carbonyl (C=O) groups excluding carboxylic acids is 1. The maximum Gasteiger partial charge on any atom is 0.260 e. The summed E-state index contributed by atoms with van der Waals surface area (Å²) >= 11 is 0. The van der Waals surface area contributed by atoms with Gasteiger partial charge in [-0.05, 0) is 31.5 Å². The van der Waals surface area contributed by atoms with E-state index in [9.17, 15) is 9.59 Å². The maximum atomic E-state index is 12.0. The lowest BCUT2D eigenvalue weighted by atomic mass is 10.0. The molecule has 1 fully saturated rings. The molecule has 6 nitrogen and oxygen atoms in total. The van der Waals surface area contributed by atoms with Gasteiger partial charge in [0.15, 0.2) is 5.78 Å². The fourth-order valence-electron chi connectivity index (χ4n) is 2.71. The van der Waals surface area contributed by atoms with E-state index in [1.54, 1.807) is 6.92 Å². The molecule has 21 heavy (non-hydrogen) atoms. The smallest absolute Gasteiger partial charge is 0.260 e. The Morgan fingerprint density at radius 2 is 2.05 bits per heavy atom. The van der Waals surface area contributed by atoms with Crippen LogP contribution in [0.5, 0.6) is 0 Å². The molecule has 0 saturated carbocycles. The highest BCUT2D eigenvalue weighted by molar-refractivity contribution is 5.99. The minimum atomic E-state index is -0.376. The molecule has 0 atom stereocenters. The van der Waals surface area contributed by atoms with E-state index in [0.717, 1.165) is 24.3 Å². The zero-order valence-electron chi connectivity index (χ0n) is 12.1. The first-order valence-corrected chi connectivity index (χ1v) is 6.95. The summed E-state index contributed by atoms with van der Waals surface area (Å²) in [4.78, 5) is 33.0. The molecule has 0 aliphatic carbocycles. The number of pyridine rings is 2. The summed E-state index contributed by atoms with van der Waals surface area (Å²) < 4.78 is 5.32. The van der Waals surface area contributed by atoms with Crippen LogP contribution in [0.1, 0.15) is 22.8 Å². The second-order valence-corrected chi connectivity index (χ2v) is 5.18. The number of aryl methyl sites for hydroxylation is 1. The molecular formula is C15H17N3O3. The zero-order valence-corrected chi connectivity index (χ0v) is 12.1. The summed E-state index contributed by atoms with van der Waals surface area (Å²) in [6, 6.07) is 3.83. The average molecular weight is 287 g/mol. The third-order valence-corrected chi connectivity index (χ3v) is 3.81. The van der Waals surface area contributed by atoms with Gasteiger partial charge in [-0.15, -0.1) is 0 Å². The van der Waals surface area contributed by atoms with Gasteiger partial charge in [-0.2, -0.15) is 0 Å². The zero-order chi connectivity index (χ0) is 15.0. The SMILES string of the molecule is CC(=O)c1c(C)c2ccc(N3CCOCC3)nc2[nH]c1=O. The number of Topliss-reactive ketones (excluding diaryl/α,β-unsaturated/α-hetero) is 1. The lowest BCUT2D eigenvalue weighted by Gasteiger charge is -2.27. The Labute approximate surface area is 121 Å². The summed E-state index contributed by atoms with van der Waals surface area (Å²) in [5.41, 5.74) is 1.04. The second kappa shape index (κ2) is 5.29. The molecule has 3 rings (SSSR count). The van der Waals surface area contributed by atoms with Crippen LogP contribution in [0, 0.1) is 6.92 Å². The number of carbonyl (C=O) groups is 1. The van der Waals surface area contributed by atoms with Crippen molar-refractivity contribution in [3.05, 3.63) is 33.6 Å². The van der Waals surface area contributed by atoms with E-state index in [1.165, 1.54) is 6.92 Å². The molecule has 3 heterocycles. The fourth-order valence-corrected chi connectivity index (χ4v) is 2.71. The molecule has 0 radical (unpaired) electrons. The highest BCUT2D eigenvalue weighted by Crippen LogP contribution is 2.21. The van der Waals surface area contributed by atoms with Gasteiger partial charge in [-0.1, -0.05) is 0 Å². The number of anilines is 1. The van der Waals surface area contributed by atoms with E-state index in [1.807, 2.05) is 12.1 Å². The Morgan fingerprint density at radius 3 is 2.71 bits per heavy atom. The minimum Gasteiger partial charge on any atom is -0.378 e. The predicted octanol–water partition coefficient (Wildman–Crippen LogP) is 1.27. The van der Waals surface area contributed by atoms with E-state index in [0.29, 0.717) is 24.4 Å². The number of nitrogens with zero attached hydrogens (tertiary/aromatic N) is 2. The number of aromatic nitrogens is 2. The molecule has 2 aromatic rings. The van der Waals surface area contributed by atoms with Crippen molar-refractivity contribution in [1.82, 2.24) is 9.97 Å². The van der Waals surface area contributed by atoms with Crippen molar-refractivity contribution in [2.75, 3.05) is 31.2 Å². The van der Waals surface area contributed by atoms with E-state index >= 15 is 0 Å². The van der Waals surface area contributed by atoms with Crippen LogP contribution < -0.4 is 10.5 Å². The molecule has 2 aromatic heterocycles. The van der Waals surface area contributed by atoms with Crippen molar-refractivity contribution in [2.45, 2.75) is 13.8 Å². The maximum absolute atomic E-state index is 12.0. The van der Waals surface area contributed by atoms with Crippen LogP contribution in [0.4, 0.5) is 5.82 Å².